The Morgan fingerprint density at radius 1 is 1.60 bits per heavy atom. The van der Waals surface area contributed by atoms with Crippen LogP contribution >= 0.6 is 0 Å². The molecule has 0 saturated carbocycles. The summed E-state index contributed by atoms with van der Waals surface area (Å²) in [5.41, 5.74) is 0. The smallest absolute Gasteiger partial charge is 0.234 e. The van der Waals surface area contributed by atoms with E-state index >= 15 is 0 Å². The summed E-state index contributed by atoms with van der Waals surface area (Å²) in [4.78, 5) is 0. The van der Waals surface area contributed by atoms with E-state index in [1.165, 1.54) is 0 Å². The molecule has 1 heterocycles. The minimum Gasteiger partial charge on any atom is -0.375 e. The summed E-state index contributed by atoms with van der Waals surface area (Å²) in [5.74, 6) is 0. The average molecular weight is 167 g/mol. The molecule has 0 aromatic rings. The zero-order valence-corrected chi connectivity index (χ0v) is 6.10. The molecule has 5 nitrogen and oxygen atoms in total. The van der Waals surface area contributed by atoms with Crippen LogP contribution in [0.2, 0.25) is 0 Å². The highest BCUT2D eigenvalue weighted by molar-refractivity contribution is 7.77. The SMILES string of the molecule is O=S(O)NC1COCCO1. The average Bonchev–Trinajstić information content (AvgIpc) is 1.88. The Kier molecular flexibility index (Phi) is 3.23. The second-order valence-corrected chi connectivity index (χ2v) is 2.54. The van der Waals surface area contributed by atoms with Gasteiger partial charge in [0.05, 0.1) is 19.8 Å². The molecular formula is C4H9NO4S. The van der Waals surface area contributed by atoms with Crippen LogP contribution in [0.5, 0.6) is 0 Å². The Morgan fingerprint density at radius 3 is 2.90 bits per heavy atom. The quantitative estimate of drug-likeness (QED) is 0.522. The van der Waals surface area contributed by atoms with Crippen LogP contribution in [0.15, 0.2) is 0 Å². The summed E-state index contributed by atoms with van der Waals surface area (Å²) in [6.07, 6.45) is -0.445. The first-order valence-corrected chi connectivity index (χ1v) is 3.96. The molecule has 60 valence electrons. The third-order valence-electron chi connectivity index (χ3n) is 1.05. The number of ether oxygens (including phenoxy) is 2. The van der Waals surface area contributed by atoms with Gasteiger partial charge < -0.3 is 9.47 Å². The van der Waals surface area contributed by atoms with Crippen LogP contribution < -0.4 is 4.72 Å². The van der Waals surface area contributed by atoms with Crippen LogP contribution in [0.4, 0.5) is 0 Å². The highest BCUT2D eigenvalue weighted by Crippen LogP contribution is 1.96. The number of hydrogen-bond acceptors (Lipinski definition) is 3. The van der Waals surface area contributed by atoms with Crippen molar-refractivity contribution < 1.29 is 18.2 Å². The molecule has 1 fully saturated rings. The summed E-state index contributed by atoms with van der Waals surface area (Å²) in [6, 6.07) is 0. The number of hydrogen-bond donors (Lipinski definition) is 2. The lowest BCUT2D eigenvalue weighted by Crippen LogP contribution is -2.41. The molecule has 0 spiro atoms. The molecule has 0 amide bonds. The Labute approximate surface area is 61.1 Å². The summed E-state index contributed by atoms with van der Waals surface area (Å²) < 4.78 is 30.7. The van der Waals surface area contributed by atoms with Gasteiger partial charge in [0, 0.05) is 0 Å². The van der Waals surface area contributed by atoms with Gasteiger partial charge in [-0.15, -0.1) is 0 Å². The second kappa shape index (κ2) is 3.99. The minimum absolute atomic E-state index is 0.326. The van der Waals surface area contributed by atoms with Crippen molar-refractivity contribution in [3.63, 3.8) is 0 Å². The van der Waals surface area contributed by atoms with Crippen LogP contribution in [0.3, 0.4) is 0 Å². The predicted octanol–water partition coefficient (Wildman–Crippen LogP) is -0.914. The van der Waals surface area contributed by atoms with Crippen molar-refractivity contribution in [1.82, 2.24) is 4.72 Å². The van der Waals surface area contributed by atoms with Gasteiger partial charge in [0.25, 0.3) is 0 Å². The van der Waals surface area contributed by atoms with Crippen molar-refractivity contribution >= 4 is 11.3 Å². The monoisotopic (exact) mass is 167 g/mol. The minimum atomic E-state index is -2.02. The molecule has 1 aliphatic rings. The van der Waals surface area contributed by atoms with E-state index in [-0.39, 0.29) is 0 Å². The fourth-order valence-corrected chi connectivity index (χ4v) is 1.03. The van der Waals surface area contributed by atoms with Gasteiger partial charge in [0.15, 0.2) is 0 Å². The summed E-state index contributed by atoms with van der Waals surface area (Å²) >= 11 is -2.02. The van der Waals surface area contributed by atoms with Crippen molar-refractivity contribution in [2.45, 2.75) is 6.23 Å². The third kappa shape index (κ3) is 2.72. The van der Waals surface area contributed by atoms with Gasteiger partial charge in [-0.3, -0.25) is 4.55 Å². The van der Waals surface area contributed by atoms with Gasteiger partial charge in [-0.2, -0.15) is 4.72 Å². The number of rotatable bonds is 2. The standard InChI is InChI=1S/C4H9NO4S/c6-10(7)5-4-3-8-1-2-9-4/h4-5H,1-3H2,(H,6,7). The predicted molar refractivity (Wildman–Crippen MR) is 34.5 cm³/mol. The molecule has 0 radical (unpaired) electrons. The van der Waals surface area contributed by atoms with Crippen LogP contribution in [0.1, 0.15) is 0 Å². The van der Waals surface area contributed by atoms with E-state index in [0.29, 0.717) is 19.8 Å². The van der Waals surface area contributed by atoms with Gasteiger partial charge in [-0.05, 0) is 0 Å². The van der Waals surface area contributed by atoms with Crippen LogP contribution in [0, 0.1) is 0 Å². The zero-order valence-electron chi connectivity index (χ0n) is 5.28. The van der Waals surface area contributed by atoms with Gasteiger partial charge >= 0.3 is 0 Å². The first-order valence-electron chi connectivity index (χ1n) is 2.85. The van der Waals surface area contributed by atoms with Crippen molar-refractivity contribution in [3.8, 4) is 0 Å². The normalized spacial score (nSPS) is 29.9. The molecule has 10 heavy (non-hydrogen) atoms. The van der Waals surface area contributed by atoms with Gasteiger partial charge in [-0.1, -0.05) is 0 Å². The van der Waals surface area contributed by atoms with Crippen molar-refractivity contribution in [2.75, 3.05) is 19.8 Å². The molecule has 2 unspecified atom stereocenters. The van der Waals surface area contributed by atoms with Gasteiger partial charge in [0.1, 0.15) is 6.23 Å². The second-order valence-electron chi connectivity index (χ2n) is 1.80. The first-order chi connectivity index (χ1) is 4.79. The molecule has 1 saturated heterocycles. The Hall–Kier alpha value is -0.0100. The highest BCUT2D eigenvalue weighted by Gasteiger charge is 2.14. The van der Waals surface area contributed by atoms with Gasteiger partial charge in [0.2, 0.25) is 11.3 Å². The van der Waals surface area contributed by atoms with Crippen LogP contribution in [-0.2, 0) is 20.7 Å². The first kappa shape index (κ1) is 8.09. The maximum absolute atomic E-state index is 10.1. The van der Waals surface area contributed by atoms with E-state index < -0.39 is 17.5 Å². The van der Waals surface area contributed by atoms with Crippen molar-refractivity contribution in [3.05, 3.63) is 0 Å². The van der Waals surface area contributed by atoms with E-state index in [4.69, 9.17) is 14.0 Å². The summed E-state index contributed by atoms with van der Waals surface area (Å²) in [7, 11) is 0. The molecule has 1 aliphatic heterocycles. The number of nitrogens with one attached hydrogen (secondary N) is 1. The van der Waals surface area contributed by atoms with E-state index in [1.807, 2.05) is 0 Å². The maximum Gasteiger partial charge on any atom is 0.234 e. The lowest BCUT2D eigenvalue weighted by atomic mass is 10.6. The van der Waals surface area contributed by atoms with Gasteiger partial charge in [-0.25, -0.2) is 4.21 Å². The lowest BCUT2D eigenvalue weighted by molar-refractivity contribution is -0.0922. The molecule has 1 rings (SSSR count). The molecule has 0 aromatic carbocycles. The molecule has 0 aliphatic carbocycles. The largest absolute Gasteiger partial charge is 0.375 e. The van der Waals surface area contributed by atoms with Crippen LogP contribution in [0.25, 0.3) is 0 Å². The van der Waals surface area contributed by atoms with Crippen molar-refractivity contribution in [2.24, 2.45) is 0 Å². The van der Waals surface area contributed by atoms with E-state index in [0.717, 1.165) is 0 Å². The molecule has 0 aromatic heterocycles. The van der Waals surface area contributed by atoms with Crippen molar-refractivity contribution in [1.29, 1.82) is 0 Å². The topological polar surface area (TPSA) is 67.8 Å². The molecule has 2 N–H and O–H groups in total. The molecule has 6 heteroatoms. The van der Waals surface area contributed by atoms with E-state index in [2.05, 4.69) is 4.72 Å². The Bertz CT molecular complexity index is 124. The summed E-state index contributed by atoms with van der Waals surface area (Å²) in [6.45, 7) is 1.34. The highest BCUT2D eigenvalue weighted by atomic mass is 32.2. The van der Waals surface area contributed by atoms with E-state index in [9.17, 15) is 4.21 Å². The summed E-state index contributed by atoms with van der Waals surface area (Å²) in [5, 5.41) is 0. The zero-order chi connectivity index (χ0) is 7.40. The fourth-order valence-electron chi connectivity index (χ4n) is 0.668. The maximum atomic E-state index is 10.1. The Morgan fingerprint density at radius 2 is 2.40 bits per heavy atom. The Balaban J connectivity index is 2.19. The third-order valence-corrected chi connectivity index (χ3v) is 1.51. The molecule has 2 atom stereocenters. The van der Waals surface area contributed by atoms with E-state index in [1.54, 1.807) is 0 Å². The molecular weight excluding hydrogens is 158 g/mol. The lowest BCUT2D eigenvalue weighted by Gasteiger charge is -2.21. The molecule has 0 bridgehead atoms. The fraction of sp³-hybridized carbons (Fsp3) is 1.00. The van der Waals surface area contributed by atoms with Crippen LogP contribution in [-0.4, -0.2) is 34.8 Å².